The minimum atomic E-state index is -2.91. The van der Waals surface area contributed by atoms with Gasteiger partial charge in [-0.05, 0) is 0 Å². The summed E-state index contributed by atoms with van der Waals surface area (Å²) in [6.45, 7) is 0. The SMILES string of the molecule is N#CC1=C(N)C(F)(F)C1. The molecule has 2 N–H and O–H groups in total. The monoisotopic (exact) mass is 130 g/mol. The number of allylic oxidation sites excluding steroid dienone is 2. The topological polar surface area (TPSA) is 49.8 Å². The molecule has 0 aromatic carbocycles. The second kappa shape index (κ2) is 1.44. The second-order valence-corrected chi connectivity index (χ2v) is 1.89. The van der Waals surface area contributed by atoms with Gasteiger partial charge in [0.1, 0.15) is 0 Å². The van der Waals surface area contributed by atoms with E-state index in [0.717, 1.165) is 0 Å². The molecule has 1 rings (SSSR count). The van der Waals surface area contributed by atoms with Crippen molar-refractivity contribution in [3.8, 4) is 6.07 Å². The number of halogens is 2. The Kier molecular flexibility index (Phi) is 0.962. The minimum Gasteiger partial charge on any atom is -0.396 e. The average molecular weight is 130 g/mol. The third-order valence-corrected chi connectivity index (χ3v) is 1.25. The van der Waals surface area contributed by atoms with Crippen LogP contribution < -0.4 is 5.73 Å². The number of hydrogen-bond acceptors (Lipinski definition) is 2. The van der Waals surface area contributed by atoms with Crippen LogP contribution in [-0.2, 0) is 0 Å². The van der Waals surface area contributed by atoms with Crippen LogP contribution in [0.4, 0.5) is 8.78 Å². The van der Waals surface area contributed by atoms with Gasteiger partial charge in [-0.15, -0.1) is 0 Å². The second-order valence-electron chi connectivity index (χ2n) is 1.89. The number of rotatable bonds is 0. The van der Waals surface area contributed by atoms with Crippen LogP contribution in [0.25, 0.3) is 0 Å². The predicted octanol–water partition coefficient (Wildman–Crippen LogP) is 0.762. The van der Waals surface area contributed by atoms with E-state index in [-0.39, 0.29) is 5.57 Å². The molecule has 0 saturated heterocycles. The van der Waals surface area contributed by atoms with Crippen molar-refractivity contribution >= 4 is 0 Å². The molecule has 0 atom stereocenters. The average Bonchev–Trinajstić information content (AvgIpc) is 1.82. The van der Waals surface area contributed by atoms with E-state index in [4.69, 9.17) is 11.0 Å². The highest BCUT2D eigenvalue weighted by molar-refractivity contribution is 5.40. The summed E-state index contributed by atoms with van der Waals surface area (Å²) in [7, 11) is 0. The molecule has 1 aliphatic rings. The normalized spacial score (nSPS) is 22.8. The van der Waals surface area contributed by atoms with E-state index in [0.29, 0.717) is 0 Å². The Morgan fingerprint density at radius 1 is 1.67 bits per heavy atom. The molecule has 9 heavy (non-hydrogen) atoms. The van der Waals surface area contributed by atoms with Crippen LogP contribution in [0, 0.1) is 11.3 Å². The van der Waals surface area contributed by atoms with Gasteiger partial charge in [-0.3, -0.25) is 0 Å². The lowest BCUT2D eigenvalue weighted by Gasteiger charge is -2.25. The van der Waals surface area contributed by atoms with Crippen LogP contribution in [0.5, 0.6) is 0 Å². The fourth-order valence-corrected chi connectivity index (χ4v) is 0.626. The van der Waals surface area contributed by atoms with Crippen molar-refractivity contribution in [1.29, 1.82) is 5.26 Å². The van der Waals surface area contributed by atoms with Crippen LogP contribution >= 0.6 is 0 Å². The molecule has 0 saturated carbocycles. The molecule has 0 aliphatic heterocycles. The molecular weight excluding hydrogens is 126 g/mol. The fraction of sp³-hybridized carbons (Fsp3) is 0.400. The number of nitriles is 1. The Bertz CT molecular complexity index is 211. The molecule has 0 bridgehead atoms. The van der Waals surface area contributed by atoms with E-state index in [1.807, 2.05) is 0 Å². The van der Waals surface area contributed by atoms with Crippen LogP contribution in [0.1, 0.15) is 6.42 Å². The Hall–Kier alpha value is -1.11. The van der Waals surface area contributed by atoms with Crippen molar-refractivity contribution in [2.24, 2.45) is 5.73 Å². The van der Waals surface area contributed by atoms with E-state index < -0.39 is 18.0 Å². The number of hydrogen-bond donors (Lipinski definition) is 1. The van der Waals surface area contributed by atoms with Gasteiger partial charge >= 0.3 is 0 Å². The van der Waals surface area contributed by atoms with E-state index >= 15 is 0 Å². The third-order valence-electron chi connectivity index (χ3n) is 1.25. The van der Waals surface area contributed by atoms with Crippen LogP contribution in [0.3, 0.4) is 0 Å². The zero-order chi connectivity index (χ0) is 7.07. The summed E-state index contributed by atoms with van der Waals surface area (Å²) in [5.41, 5.74) is 4.27. The summed E-state index contributed by atoms with van der Waals surface area (Å²) in [5.74, 6) is -2.91. The summed E-state index contributed by atoms with van der Waals surface area (Å²) in [6.07, 6.45) is -0.491. The smallest absolute Gasteiger partial charge is 0.292 e. The molecule has 48 valence electrons. The van der Waals surface area contributed by atoms with Gasteiger partial charge in [0.25, 0.3) is 5.92 Å². The summed E-state index contributed by atoms with van der Waals surface area (Å²) in [5, 5.41) is 8.07. The molecule has 0 aromatic heterocycles. The molecule has 2 nitrogen and oxygen atoms in total. The molecular formula is C5H4F2N2. The molecule has 0 heterocycles. The number of nitrogens with two attached hydrogens (primary N) is 1. The summed E-state index contributed by atoms with van der Waals surface area (Å²) < 4.78 is 24.1. The van der Waals surface area contributed by atoms with Crippen molar-refractivity contribution in [2.75, 3.05) is 0 Å². The largest absolute Gasteiger partial charge is 0.396 e. The lowest BCUT2D eigenvalue weighted by Crippen LogP contribution is -2.36. The first-order valence-corrected chi connectivity index (χ1v) is 2.35. The van der Waals surface area contributed by atoms with Crippen molar-refractivity contribution in [1.82, 2.24) is 0 Å². The molecule has 0 unspecified atom stereocenters. The Labute approximate surface area is 50.6 Å². The van der Waals surface area contributed by atoms with Crippen molar-refractivity contribution < 1.29 is 8.78 Å². The standard InChI is InChI=1S/C5H4F2N2/c6-5(7)1-3(2-8)4(5)9/h1,9H2. The molecule has 0 radical (unpaired) electrons. The third kappa shape index (κ3) is 0.653. The van der Waals surface area contributed by atoms with E-state index in [2.05, 4.69) is 0 Å². The maximum Gasteiger partial charge on any atom is 0.292 e. The molecule has 0 fully saturated rings. The first-order chi connectivity index (χ1) is 4.08. The van der Waals surface area contributed by atoms with Crippen molar-refractivity contribution in [2.45, 2.75) is 12.3 Å². The lowest BCUT2D eigenvalue weighted by atomic mass is 9.91. The molecule has 0 spiro atoms. The number of alkyl halides is 2. The van der Waals surface area contributed by atoms with Gasteiger partial charge in [-0.2, -0.15) is 14.0 Å². The highest BCUT2D eigenvalue weighted by Crippen LogP contribution is 2.39. The van der Waals surface area contributed by atoms with Crippen LogP contribution in [0.15, 0.2) is 11.3 Å². The Balaban J connectivity index is 2.88. The van der Waals surface area contributed by atoms with Gasteiger partial charge in [-0.25, -0.2) is 0 Å². The van der Waals surface area contributed by atoms with Gasteiger partial charge in [0.15, 0.2) is 0 Å². The summed E-state index contributed by atoms with van der Waals surface area (Å²) in [6, 6.07) is 1.58. The van der Waals surface area contributed by atoms with Gasteiger partial charge < -0.3 is 5.73 Å². The molecule has 1 aliphatic carbocycles. The first-order valence-electron chi connectivity index (χ1n) is 2.35. The Morgan fingerprint density at radius 2 is 2.22 bits per heavy atom. The van der Waals surface area contributed by atoms with Crippen LogP contribution in [0.2, 0.25) is 0 Å². The fourth-order valence-electron chi connectivity index (χ4n) is 0.626. The minimum absolute atomic E-state index is 0.0139. The van der Waals surface area contributed by atoms with Gasteiger partial charge in [0, 0.05) is 0 Å². The zero-order valence-electron chi connectivity index (χ0n) is 4.49. The molecule has 4 heteroatoms. The zero-order valence-corrected chi connectivity index (χ0v) is 4.49. The highest BCUT2D eigenvalue weighted by atomic mass is 19.3. The summed E-state index contributed by atoms with van der Waals surface area (Å²) in [4.78, 5) is 0. The lowest BCUT2D eigenvalue weighted by molar-refractivity contribution is 0.0183. The molecule has 0 aromatic rings. The highest BCUT2D eigenvalue weighted by Gasteiger charge is 2.45. The van der Waals surface area contributed by atoms with Crippen molar-refractivity contribution in [3.05, 3.63) is 11.3 Å². The van der Waals surface area contributed by atoms with E-state index in [1.54, 1.807) is 6.07 Å². The van der Waals surface area contributed by atoms with E-state index in [9.17, 15) is 8.78 Å². The van der Waals surface area contributed by atoms with Crippen molar-refractivity contribution in [3.63, 3.8) is 0 Å². The summed E-state index contributed by atoms with van der Waals surface area (Å²) >= 11 is 0. The van der Waals surface area contributed by atoms with Gasteiger partial charge in [-0.1, -0.05) is 0 Å². The molecule has 0 amide bonds. The number of nitrogens with zero attached hydrogens (tertiary/aromatic N) is 1. The van der Waals surface area contributed by atoms with Gasteiger partial charge in [0.05, 0.1) is 23.8 Å². The maximum absolute atomic E-state index is 12.0. The first kappa shape index (κ1) is 6.02. The van der Waals surface area contributed by atoms with Gasteiger partial charge in [0.2, 0.25) is 0 Å². The quantitative estimate of drug-likeness (QED) is 0.526. The van der Waals surface area contributed by atoms with E-state index in [1.165, 1.54) is 0 Å². The maximum atomic E-state index is 12.0. The van der Waals surface area contributed by atoms with Crippen LogP contribution in [-0.4, -0.2) is 5.92 Å². The predicted molar refractivity (Wildman–Crippen MR) is 26.4 cm³/mol. The Morgan fingerprint density at radius 3 is 2.33 bits per heavy atom.